The van der Waals surface area contributed by atoms with Gasteiger partial charge in [-0.05, 0) is 25.1 Å². The van der Waals surface area contributed by atoms with Crippen molar-refractivity contribution in [1.29, 1.82) is 0 Å². The molecule has 3 aromatic rings. The minimum Gasteiger partial charge on any atom is -0.480 e. The van der Waals surface area contributed by atoms with Crippen LogP contribution in [0.15, 0.2) is 35.4 Å². The molecule has 0 fully saturated rings. The molecule has 0 bridgehead atoms. The van der Waals surface area contributed by atoms with Crippen molar-refractivity contribution >= 4 is 24.0 Å². The second-order valence-electron chi connectivity index (χ2n) is 6.44. The number of hydrogen-bond acceptors (Lipinski definition) is 4. The molecule has 11 heteroatoms. The number of aliphatic carboxylic acids is 1. The highest BCUT2D eigenvalue weighted by molar-refractivity contribution is 5.85. The average Bonchev–Trinajstić information content (AvgIpc) is 3.09. The van der Waals surface area contributed by atoms with Gasteiger partial charge in [0.15, 0.2) is 0 Å². The maximum atomic E-state index is 13.6. The topological polar surface area (TPSA) is 103 Å². The van der Waals surface area contributed by atoms with Crippen LogP contribution in [0.5, 0.6) is 0 Å². The summed E-state index contributed by atoms with van der Waals surface area (Å²) in [4.78, 5) is 27.8. The van der Waals surface area contributed by atoms with E-state index in [0.717, 1.165) is 10.6 Å². The molecule has 0 spiro atoms. The Hall–Kier alpha value is -2.85. The van der Waals surface area contributed by atoms with Crippen LogP contribution in [0.4, 0.5) is 13.2 Å². The van der Waals surface area contributed by atoms with Gasteiger partial charge in [-0.2, -0.15) is 13.2 Å². The smallest absolute Gasteiger partial charge is 0.417 e. The average molecular weight is 431 g/mol. The van der Waals surface area contributed by atoms with E-state index in [-0.39, 0.29) is 35.7 Å². The number of aryl methyl sites for hydroxylation is 1. The van der Waals surface area contributed by atoms with Crippen LogP contribution in [0.2, 0.25) is 0 Å². The van der Waals surface area contributed by atoms with Gasteiger partial charge in [-0.1, -0.05) is 0 Å². The lowest BCUT2D eigenvalue weighted by Crippen LogP contribution is -2.33. The van der Waals surface area contributed by atoms with Crippen molar-refractivity contribution in [3.05, 3.63) is 57.9 Å². The lowest BCUT2D eigenvalue weighted by Gasteiger charge is -2.17. The Morgan fingerprint density at radius 3 is 2.59 bits per heavy atom. The number of nitrogens with zero attached hydrogens (tertiary/aromatic N) is 3. The molecule has 3 rings (SSSR count). The summed E-state index contributed by atoms with van der Waals surface area (Å²) >= 11 is 0. The maximum absolute atomic E-state index is 13.6. The van der Waals surface area contributed by atoms with Crippen LogP contribution in [-0.2, 0) is 24.4 Å². The van der Waals surface area contributed by atoms with Crippen LogP contribution in [0, 0.1) is 6.92 Å². The Morgan fingerprint density at radius 2 is 2.00 bits per heavy atom. The van der Waals surface area contributed by atoms with Gasteiger partial charge in [0.05, 0.1) is 11.1 Å². The summed E-state index contributed by atoms with van der Waals surface area (Å²) in [5, 5.41) is 9.00. The number of nitrogens with two attached hydrogens (primary N) is 1. The van der Waals surface area contributed by atoms with Gasteiger partial charge >= 0.3 is 12.1 Å². The molecule has 0 saturated heterocycles. The van der Waals surface area contributed by atoms with Crippen molar-refractivity contribution in [3.8, 4) is 11.1 Å². The molecule has 0 aliphatic rings. The van der Waals surface area contributed by atoms with E-state index >= 15 is 0 Å². The number of imidazole rings is 1. The number of aromatic nitrogens is 3. The van der Waals surface area contributed by atoms with E-state index in [9.17, 15) is 22.8 Å². The standard InChI is InChI=1S/C18H17F3N4O3.ClH/c1-9-7-12(18(19,20)21)14(16(26)24(9)2)11-4-3-10(8-13(22)17(27)28)25-6-5-23-15(11)25;/h3-7,13H,8,22H2,1-2H3,(H,27,28);1H/t13-;/m0./s1. The van der Waals surface area contributed by atoms with Gasteiger partial charge in [0.1, 0.15) is 11.7 Å². The number of carboxylic acids is 1. The van der Waals surface area contributed by atoms with Gasteiger partial charge in [-0.15, -0.1) is 12.4 Å². The summed E-state index contributed by atoms with van der Waals surface area (Å²) in [6.07, 6.45) is -1.95. The lowest BCUT2D eigenvalue weighted by molar-refractivity contribution is -0.139. The van der Waals surface area contributed by atoms with E-state index in [4.69, 9.17) is 10.8 Å². The van der Waals surface area contributed by atoms with Gasteiger partial charge in [0.25, 0.3) is 5.56 Å². The Kier molecular flexibility index (Phi) is 6.10. The zero-order valence-electron chi connectivity index (χ0n) is 15.4. The van der Waals surface area contributed by atoms with E-state index in [1.807, 2.05) is 0 Å². The number of carboxylic acid groups (broad SMARTS) is 1. The van der Waals surface area contributed by atoms with Crippen molar-refractivity contribution in [2.75, 3.05) is 0 Å². The fourth-order valence-corrected chi connectivity index (χ4v) is 3.05. The number of pyridine rings is 2. The van der Waals surface area contributed by atoms with Gasteiger partial charge in [-0.3, -0.25) is 9.59 Å². The molecule has 29 heavy (non-hydrogen) atoms. The molecule has 7 nitrogen and oxygen atoms in total. The first kappa shape index (κ1) is 22.4. The summed E-state index contributed by atoms with van der Waals surface area (Å²) in [6, 6.07) is 2.53. The minimum absolute atomic E-state index is 0. The normalized spacial score (nSPS) is 12.6. The summed E-state index contributed by atoms with van der Waals surface area (Å²) in [6.45, 7) is 1.42. The number of alkyl halides is 3. The first-order valence-corrected chi connectivity index (χ1v) is 8.24. The maximum Gasteiger partial charge on any atom is 0.417 e. The number of halogens is 4. The van der Waals surface area contributed by atoms with Gasteiger partial charge < -0.3 is 19.8 Å². The molecule has 1 atom stereocenters. The van der Waals surface area contributed by atoms with E-state index in [1.165, 1.54) is 42.9 Å². The van der Waals surface area contributed by atoms with Crippen LogP contribution >= 0.6 is 12.4 Å². The van der Waals surface area contributed by atoms with E-state index in [1.54, 1.807) is 0 Å². The van der Waals surface area contributed by atoms with Crippen LogP contribution in [0.1, 0.15) is 17.0 Å². The molecular weight excluding hydrogens is 413 g/mol. The highest BCUT2D eigenvalue weighted by Gasteiger charge is 2.36. The van der Waals surface area contributed by atoms with Crippen molar-refractivity contribution in [2.24, 2.45) is 12.8 Å². The summed E-state index contributed by atoms with van der Waals surface area (Å²) in [7, 11) is 1.39. The van der Waals surface area contributed by atoms with Crippen LogP contribution in [0.3, 0.4) is 0 Å². The number of rotatable bonds is 4. The summed E-state index contributed by atoms with van der Waals surface area (Å²) in [5.74, 6) is -1.20. The molecule has 3 heterocycles. The number of carbonyl (C=O) groups is 1. The Balaban J connectivity index is 0.00000300. The lowest BCUT2D eigenvalue weighted by atomic mass is 10.00. The van der Waals surface area contributed by atoms with E-state index in [2.05, 4.69) is 4.98 Å². The van der Waals surface area contributed by atoms with E-state index in [0.29, 0.717) is 5.69 Å². The third-order valence-corrected chi connectivity index (χ3v) is 4.62. The molecule has 0 saturated carbocycles. The van der Waals surface area contributed by atoms with Crippen LogP contribution < -0.4 is 11.3 Å². The fraction of sp³-hybridized carbons (Fsp3) is 0.278. The minimum atomic E-state index is -4.73. The SMILES string of the molecule is Cc1cc(C(F)(F)F)c(-c2ccc(C[C@H](N)C(=O)O)n3ccnc23)c(=O)n1C.Cl. The molecule has 3 aromatic heterocycles. The summed E-state index contributed by atoms with van der Waals surface area (Å²) in [5.41, 5.74) is 3.94. The molecule has 3 N–H and O–H groups in total. The first-order valence-electron chi connectivity index (χ1n) is 8.24. The molecule has 0 radical (unpaired) electrons. The van der Waals surface area contributed by atoms with Gasteiger partial charge in [0.2, 0.25) is 0 Å². The van der Waals surface area contributed by atoms with Crippen LogP contribution in [-0.4, -0.2) is 31.1 Å². The Labute approximate surface area is 169 Å². The second-order valence-corrected chi connectivity index (χ2v) is 6.44. The molecule has 0 aliphatic heterocycles. The van der Waals surface area contributed by atoms with Crippen molar-refractivity contribution in [1.82, 2.24) is 14.0 Å². The zero-order valence-corrected chi connectivity index (χ0v) is 16.2. The highest BCUT2D eigenvalue weighted by Crippen LogP contribution is 2.37. The third kappa shape index (κ3) is 3.99. The predicted octanol–water partition coefficient (Wildman–Crippen LogP) is 2.40. The van der Waals surface area contributed by atoms with Gasteiger partial charge in [-0.25, -0.2) is 4.98 Å². The fourth-order valence-electron chi connectivity index (χ4n) is 3.05. The van der Waals surface area contributed by atoms with Gasteiger partial charge in [0, 0.05) is 42.8 Å². The Morgan fingerprint density at radius 1 is 1.34 bits per heavy atom. The molecule has 0 amide bonds. The number of fused-ring (bicyclic) bond motifs is 1. The zero-order chi connectivity index (χ0) is 20.8. The van der Waals surface area contributed by atoms with E-state index < -0.39 is 34.9 Å². The highest BCUT2D eigenvalue weighted by atomic mass is 35.5. The predicted molar refractivity (Wildman–Crippen MR) is 102 cm³/mol. The second kappa shape index (κ2) is 7.88. The largest absolute Gasteiger partial charge is 0.480 e. The third-order valence-electron chi connectivity index (χ3n) is 4.62. The van der Waals surface area contributed by atoms with Crippen molar-refractivity contribution < 1.29 is 23.1 Å². The Bertz CT molecular complexity index is 1140. The number of hydrogen-bond donors (Lipinski definition) is 2. The molecule has 0 aliphatic carbocycles. The summed E-state index contributed by atoms with van der Waals surface area (Å²) < 4.78 is 43.5. The quantitative estimate of drug-likeness (QED) is 0.661. The van der Waals surface area contributed by atoms with Crippen molar-refractivity contribution in [2.45, 2.75) is 25.6 Å². The monoisotopic (exact) mass is 430 g/mol. The molecule has 0 unspecified atom stereocenters. The van der Waals surface area contributed by atoms with Crippen molar-refractivity contribution in [3.63, 3.8) is 0 Å². The van der Waals surface area contributed by atoms with Crippen LogP contribution in [0.25, 0.3) is 16.8 Å². The molecule has 0 aromatic carbocycles. The molecular formula is C18H18ClF3N4O3. The molecule has 156 valence electrons. The first-order chi connectivity index (χ1) is 13.0.